The molecule has 1 aliphatic carbocycles. The van der Waals surface area contributed by atoms with Gasteiger partial charge in [-0.3, -0.25) is 0 Å². The second-order valence-electron chi connectivity index (χ2n) is 6.35. The number of hydrogen-bond acceptors (Lipinski definition) is 5. The first-order valence-electron chi connectivity index (χ1n) is 7.78. The summed E-state index contributed by atoms with van der Waals surface area (Å²) in [6, 6.07) is 14.2. The zero-order valence-corrected chi connectivity index (χ0v) is 14.6. The first-order valence-corrected chi connectivity index (χ1v) is 9.32. The third-order valence-electron chi connectivity index (χ3n) is 4.81. The summed E-state index contributed by atoms with van der Waals surface area (Å²) in [4.78, 5) is 0.289. The molecule has 5 nitrogen and oxygen atoms in total. The van der Waals surface area contributed by atoms with Crippen LogP contribution in [0.5, 0.6) is 5.75 Å². The highest BCUT2D eigenvalue weighted by molar-refractivity contribution is 7.92. The fourth-order valence-corrected chi connectivity index (χ4v) is 5.62. The van der Waals surface area contributed by atoms with Gasteiger partial charge in [-0.15, -0.1) is 0 Å². The molecule has 2 aromatic carbocycles. The monoisotopic (exact) mass is 346 g/mol. The molecule has 3 rings (SSSR count). The number of ether oxygens (including phenoxy) is 1. The Morgan fingerprint density at radius 3 is 2.17 bits per heavy atom. The summed E-state index contributed by atoms with van der Waals surface area (Å²) in [6.07, 6.45) is 0. The molecule has 0 aliphatic heterocycles. The average molecular weight is 346 g/mol. The molecular formula is C18H22N2O3S. The maximum absolute atomic E-state index is 13.0. The van der Waals surface area contributed by atoms with E-state index in [0.29, 0.717) is 5.75 Å². The van der Waals surface area contributed by atoms with E-state index in [-0.39, 0.29) is 17.4 Å². The molecule has 4 N–H and O–H groups in total. The highest BCUT2D eigenvalue weighted by Crippen LogP contribution is 2.55. The van der Waals surface area contributed by atoms with E-state index in [1.165, 1.54) is 0 Å². The molecular weight excluding hydrogens is 324 g/mol. The molecule has 0 heterocycles. The molecule has 0 amide bonds. The summed E-state index contributed by atoms with van der Waals surface area (Å²) in [5, 5.41) is -0.717. The van der Waals surface area contributed by atoms with Gasteiger partial charge < -0.3 is 16.2 Å². The van der Waals surface area contributed by atoms with Gasteiger partial charge >= 0.3 is 0 Å². The quantitative estimate of drug-likeness (QED) is 0.857. The average Bonchev–Trinajstić information content (AvgIpc) is 3.23. The van der Waals surface area contributed by atoms with Crippen molar-refractivity contribution in [3.63, 3.8) is 0 Å². The van der Waals surface area contributed by atoms with Gasteiger partial charge in [-0.2, -0.15) is 0 Å². The lowest BCUT2D eigenvalue weighted by Gasteiger charge is -2.09. The molecule has 0 aromatic heterocycles. The summed E-state index contributed by atoms with van der Waals surface area (Å²) in [6.45, 7) is 2.03. The topological polar surface area (TPSA) is 95.4 Å². The summed E-state index contributed by atoms with van der Waals surface area (Å²) in [7, 11) is -1.96. The lowest BCUT2D eigenvalue weighted by Crippen LogP contribution is -2.39. The van der Waals surface area contributed by atoms with Gasteiger partial charge in [0.2, 0.25) is 0 Å². The standard InChI is InChI=1S/C18H22N2O3S/c1-12-3-9-15(10-4-12)24(21,22)17-16(18(17,20)11-19)13-5-7-14(23-2)8-6-13/h3-10,16-17H,11,19-20H2,1-2H3/t16-,17+,18-/m1/s1. The first-order chi connectivity index (χ1) is 11.3. The molecule has 128 valence electrons. The predicted octanol–water partition coefficient (Wildman–Crippen LogP) is 1.60. The Balaban J connectivity index is 1.98. The highest BCUT2D eigenvalue weighted by Gasteiger charge is 2.68. The van der Waals surface area contributed by atoms with Gasteiger partial charge in [0.25, 0.3) is 0 Å². The highest BCUT2D eigenvalue weighted by atomic mass is 32.2. The maximum Gasteiger partial charge on any atom is 0.183 e. The molecule has 0 spiro atoms. The van der Waals surface area contributed by atoms with Gasteiger partial charge in [-0.1, -0.05) is 29.8 Å². The number of hydrogen-bond donors (Lipinski definition) is 2. The van der Waals surface area contributed by atoms with Gasteiger partial charge in [0.15, 0.2) is 9.84 Å². The van der Waals surface area contributed by atoms with E-state index < -0.39 is 20.6 Å². The Bertz CT molecular complexity index is 832. The van der Waals surface area contributed by atoms with Crippen molar-refractivity contribution in [2.24, 2.45) is 11.5 Å². The predicted molar refractivity (Wildman–Crippen MR) is 93.9 cm³/mol. The lowest BCUT2D eigenvalue weighted by molar-refractivity contribution is 0.414. The number of rotatable bonds is 5. The van der Waals surface area contributed by atoms with Crippen LogP contribution in [0.15, 0.2) is 53.4 Å². The Kier molecular flexibility index (Phi) is 4.15. The van der Waals surface area contributed by atoms with E-state index in [0.717, 1.165) is 11.1 Å². The van der Waals surface area contributed by atoms with Crippen LogP contribution in [0.4, 0.5) is 0 Å². The molecule has 6 heteroatoms. The van der Waals surface area contributed by atoms with Crippen LogP contribution in [-0.2, 0) is 9.84 Å². The number of nitrogens with two attached hydrogens (primary N) is 2. The first kappa shape index (κ1) is 17.0. The molecule has 0 saturated heterocycles. The van der Waals surface area contributed by atoms with Crippen LogP contribution in [-0.4, -0.2) is 32.9 Å². The van der Waals surface area contributed by atoms with Crippen molar-refractivity contribution in [3.05, 3.63) is 59.7 Å². The van der Waals surface area contributed by atoms with Crippen molar-refractivity contribution < 1.29 is 13.2 Å². The van der Waals surface area contributed by atoms with Gasteiger partial charge in [-0.25, -0.2) is 8.42 Å². The largest absolute Gasteiger partial charge is 0.497 e. The van der Waals surface area contributed by atoms with E-state index in [1.54, 1.807) is 43.5 Å². The number of aryl methyl sites for hydroxylation is 1. The molecule has 0 radical (unpaired) electrons. The lowest BCUT2D eigenvalue weighted by atomic mass is 10.1. The van der Waals surface area contributed by atoms with E-state index in [2.05, 4.69) is 0 Å². The summed E-state index contributed by atoms with van der Waals surface area (Å²) in [5.74, 6) is 0.396. The smallest absolute Gasteiger partial charge is 0.183 e. The second-order valence-corrected chi connectivity index (χ2v) is 8.42. The van der Waals surface area contributed by atoms with Gasteiger partial charge in [0.05, 0.1) is 22.8 Å². The summed E-state index contributed by atoms with van der Waals surface area (Å²) < 4.78 is 31.2. The fraction of sp³-hybridized carbons (Fsp3) is 0.333. The molecule has 0 bridgehead atoms. The van der Waals surface area contributed by atoms with Gasteiger partial charge in [0, 0.05) is 12.5 Å². The zero-order chi connectivity index (χ0) is 17.5. The van der Waals surface area contributed by atoms with Crippen molar-refractivity contribution in [2.75, 3.05) is 13.7 Å². The minimum Gasteiger partial charge on any atom is -0.497 e. The summed E-state index contributed by atoms with van der Waals surface area (Å²) >= 11 is 0. The van der Waals surface area contributed by atoms with Crippen LogP contribution < -0.4 is 16.2 Å². The second kappa shape index (κ2) is 5.88. The SMILES string of the molecule is COc1ccc([C@@H]2[C@H](S(=O)(=O)c3ccc(C)cc3)[C@@]2(N)CN)cc1. The van der Waals surface area contributed by atoms with Crippen LogP contribution >= 0.6 is 0 Å². The molecule has 1 aliphatic rings. The number of methoxy groups -OCH3 is 1. The fourth-order valence-electron chi connectivity index (χ4n) is 3.30. The van der Waals surface area contributed by atoms with Crippen molar-refractivity contribution in [2.45, 2.75) is 28.5 Å². The minimum atomic E-state index is -3.55. The van der Waals surface area contributed by atoms with E-state index in [4.69, 9.17) is 16.2 Å². The molecule has 1 fully saturated rings. The van der Waals surface area contributed by atoms with E-state index in [9.17, 15) is 8.42 Å². The normalized spacial score (nSPS) is 26.2. The van der Waals surface area contributed by atoms with Crippen molar-refractivity contribution in [1.29, 1.82) is 0 Å². The van der Waals surface area contributed by atoms with Crippen LogP contribution in [0.2, 0.25) is 0 Å². The van der Waals surface area contributed by atoms with Crippen molar-refractivity contribution >= 4 is 9.84 Å². The zero-order valence-electron chi connectivity index (χ0n) is 13.8. The Morgan fingerprint density at radius 1 is 1.08 bits per heavy atom. The minimum absolute atomic E-state index is 0.111. The van der Waals surface area contributed by atoms with Crippen molar-refractivity contribution in [3.8, 4) is 5.75 Å². The maximum atomic E-state index is 13.0. The van der Waals surface area contributed by atoms with Crippen molar-refractivity contribution in [1.82, 2.24) is 0 Å². The van der Waals surface area contributed by atoms with Crippen LogP contribution in [0.1, 0.15) is 17.0 Å². The molecule has 2 aromatic rings. The molecule has 24 heavy (non-hydrogen) atoms. The van der Waals surface area contributed by atoms with Gasteiger partial charge in [-0.05, 0) is 36.8 Å². The number of sulfone groups is 1. The third kappa shape index (κ3) is 2.60. The Labute approximate surface area is 142 Å². The van der Waals surface area contributed by atoms with E-state index >= 15 is 0 Å². The van der Waals surface area contributed by atoms with Crippen LogP contribution in [0, 0.1) is 6.92 Å². The summed E-state index contributed by atoms with van der Waals surface area (Å²) in [5.41, 5.74) is 13.1. The number of benzene rings is 2. The molecule has 3 atom stereocenters. The van der Waals surface area contributed by atoms with Gasteiger partial charge in [0.1, 0.15) is 5.75 Å². The van der Waals surface area contributed by atoms with Crippen LogP contribution in [0.3, 0.4) is 0 Å². The van der Waals surface area contributed by atoms with E-state index in [1.807, 2.05) is 19.1 Å². The molecule has 1 saturated carbocycles. The molecule has 0 unspecified atom stereocenters. The Hall–Kier alpha value is -1.89. The Morgan fingerprint density at radius 2 is 1.67 bits per heavy atom. The third-order valence-corrected chi connectivity index (χ3v) is 7.12. The van der Waals surface area contributed by atoms with Crippen LogP contribution in [0.25, 0.3) is 0 Å².